The number of esters is 2. The van der Waals surface area contributed by atoms with Crippen LogP contribution >= 0.6 is 0 Å². The van der Waals surface area contributed by atoms with E-state index in [2.05, 4.69) is 0 Å². The van der Waals surface area contributed by atoms with Crippen LogP contribution in [0.25, 0.3) is 0 Å². The number of hydrogen-bond donors (Lipinski definition) is 7. The highest BCUT2D eigenvalue weighted by molar-refractivity contribution is 5.91. The third-order valence-corrected chi connectivity index (χ3v) is 21.5. The average Bonchev–Trinajstić information content (AvgIpc) is 1.66. The van der Waals surface area contributed by atoms with E-state index >= 15 is 0 Å². The van der Waals surface area contributed by atoms with Crippen molar-refractivity contribution in [1.29, 1.82) is 0 Å². The molecule has 5 fully saturated rings. The third kappa shape index (κ3) is 20.0. The van der Waals surface area contributed by atoms with Crippen LogP contribution in [0.15, 0.2) is 12.2 Å². The van der Waals surface area contributed by atoms with Crippen LogP contribution in [0, 0.1) is 41.4 Å². The lowest BCUT2D eigenvalue weighted by atomic mass is 9.77. The van der Waals surface area contributed by atoms with Gasteiger partial charge in [-0.1, -0.05) is 48.5 Å². The lowest BCUT2D eigenvalue weighted by molar-refractivity contribution is -0.318. The van der Waals surface area contributed by atoms with Crippen LogP contribution in [0.5, 0.6) is 0 Å². The van der Waals surface area contributed by atoms with Gasteiger partial charge in [-0.25, -0.2) is 0 Å². The molecule has 7 N–H and O–H groups in total. The molecule has 0 amide bonds. The lowest BCUT2D eigenvalue weighted by Gasteiger charge is -2.48. The molecule has 5 saturated heterocycles. The highest BCUT2D eigenvalue weighted by Gasteiger charge is 2.57. The number of aliphatic hydroxyl groups excluding tert-OH is 5. The Hall–Kier alpha value is -2.70. The van der Waals surface area contributed by atoms with Crippen LogP contribution in [0.4, 0.5) is 0 Å². The molecule has 540 valence electrons. The Bertz CT molecular complexity index is 2400. The largest absolute Gasteiger partial charge is 0.462 e. The van der Waals surface area contributed by atoms with Gasteiger partial charge in [0, 0.05) is 68.3 Å². The normalized spacial score (nSPS) is 47.8. The van der Waals surface area contributed by atoms with Gasteiger partial charge in [-0.15, -0.1) is 0 Å². The van der Waals surface area contributed by atoms with Crippen LogP contribution in [0.3, 0.4) is 0 Å². The van der Waals surface area contributed by atoms with Gasteiger partial charge in [-0.2, -0.15) is 0 Å². The standard InChI is InChI=1S/C38H72N2O12.C31H51NO9/c1-15-27-38(10,46)31(42)24(6)40(13)19-20(2)17-36(8,45)33(52-35-29(41)26(39(11)12)16-21(3)48-35)22(4)30(23(5)34(44)50-27)51-28-18-37(9,47-14)32(43)25(7)49-28;1-9-25-20(5)29-31(6,41-29)12-10-23(34)17(2)14-21(11-13-33)28(19(4)24(35)16-26(36)39-25)40-30-27(37)22(32(7)8)15-18(3)38-30/h20-33,35,41-43,45-46H,15-19H2,1-14H3;10,12-13,17-22,24-25,27-30,35,37H,9,11,14-16H2,1-8H3/b;12-10+/t20-,21-,22+,23-,24-,25+,26+,27-,28+,29-,30+,31-,32+,33-,35+,36-,37-,38-;17-,18-,19+,20?,21+,22+,24-,25?,27-,28-,29?,30+,31+/m11/s1. The number of carbonyl (C=O) groups excluding carboxylic acids is 4. The first-order valence-corrected chi connectivity index (χ1v) is 34.2. The molecule has 6 aliphatic rings. The highest BCUT2D eigenvalue weighted by Crippen LogP contribution is 2.46. The Labute approximate surface area is 554 Å². The number of rotatable bonds is 13. The Morgan fingerprint density at radius 2 is 1.28 bits per heavy atom. The summed E-state index contributed by atoms with van der Waals surface area (Å²) in [5.74, 6) is -4.90. The molecule has 0 aromatic heterocycles. The molecule has 6 heterocycles. The van der Waals surface area contributed by atoms with Crippen LogP contribution in [0.1, 0.15) is 169 Å². The number of aliphatic hydroxyl groups is 7. The number of aldehydes is 1. The predicted octanol–water partition coefficient (Wildman–Crippen LogP) is 4.57. The van der Waals surface area contributed by atoms with Crippen molar-refractivity contribution in [1.82, 2.24) is 14.7 Å². The van der Waals surface area contributed by atoms with Gasteiger partial charge < -0.3 is 103 Å². The molecular formula is C69H123N3O21. The SMILES string of the molecule is CCC1OC(=O)C[C@@H](O)[C@H](C)[C@@H](O[C@@H]2O[C@H](C)C[C@H](N(C)C)[C@H]2O)[C@@H](CC=O)C[C@@H](C)C(=O)/C=C/[C@]2(C)OC2C1C.CC[C@H]1OC(=O)[C@H](C)[C@@H](O[C@H]2C[C@@](C)(OC)[C@@H](O)[C@H](C)O2)[C@H](C)[C@@H](O[C@@H]2O[C@H](C)C[C@H](N(C)C)[C@H]2O)[C@](C)(O)C[C@@H](C)CN(C)[C@H](C)[C@@H](O)[C@]1(C)O. The number of epoxide rings is 1. The zero-order chi connectivity index (χ0) is 70.3. The highest BCUT2D eigenvalue weighted by atomic mass is 16.7. The molecular weight excluding hydrogens is 1210 g/mol. The van der Waals surface area contributed by atoms with Crippen molar-refractivity contribution >= 4 is 24.0 Å². The number of carbonyl (C=O) groups is 4. The van der Waals surface area contributed by atoms with E-state index in [4.69, 9.17) is 47.4 Å². The zero-order valence-corrected chi connectivity index (χ0v) is 60.1. The summed E-state index contributed by atoms with van der Waals surface area (Å²) in [6.07, 6.45) is -7.56. The summed E-state index contributed by atoms with van der Waals surface area (Å²) in [5, 5.41) is 80.5. The molecule has 0 aromatic carbocycles. The minimum absolute atomic E-state index is 0.0707. The van der Waals surface area contributed by atoms with Crippen LogP contribution in [0.2, 0.25) is 0 Å². The van der Waals surface area contributed by atoms with Crippen LogP contribution in [-0.4, -0.2) is 268 Å². The first kappa shape index (κ1) is 81.0. The summed E-state index contributed by atoms with van der Waals surface area (Å²) in [5.41, 5.74) is -5.01. The molecule has 0 saturated carbocycles. The third-order valence-electron chi connectivity index (χ3n) is 21.5. The fourth-order valence-corrected chi connectivity index (χ4v) is 15.2. The second-order valence-electron chi connectivity index (χ2n) is 30.0. The Morgan fingerprint density at radius 1 is 0.710 bits per heavy atom. The van der Waals surface area contributed by atoms with Gasteiger partial charge >= 0.3 is 11.9 Å². The smallest absolute Gasteiger partial charge is 0.311 e. The number of cyclic esters (lactones) is 2. The lowest BCUT2D eigenvalue weighted by Crippen LogP contribution is -2.60. The average molecular weight is 1330 g/mol. The van der Waals surface area contributed by atoms with Gasteiger partial charge in [0.15, 0.2) is 24.7 Å². The van der Waals surface area contributed by atoms with Gasteiger partial charge in [-0.05, 0) is 160 Å². The quantitative estimate of drug-likeness (QED) is 0.0754. The number of likely N-dealkylation sites (N-methyl/N-ethyl adjacent to an activating group) is 3. The van der Waals surface area contributed by atoms with Crippen molar-refractivity contribution in [2.24, 2.45) is 41.4 Å². The van der Waals surface area contributed by atoms with E-state index in [1.807, 2.05) is 105 Å². The first-order chi connectivity index (χ1) is 43.1. The predicted molar refractivity (Wildman–Crippen MR) is 346 cm³/mol. The monoisotopic (exact) mass is 1330 g/mol. The molecule has 6 aliphatic heterocycles. The molecule has 93 heavy (non-hydrogen) atoms. The van der Waals surface area contributed by atoms with E-state index in [0.29, 0.717) is 32.2 Å². The Kier molecular flexibility index (Phi) is 29.5. The van der Waals surface area contributed by atoms with E-state index < -0.39 is 156 Å². The maximum atomic E-state index is 14.2. The van der Waals surface area contributed by atoms with E-state index in [9.17, 15) is 54.9 Å². The molecule has 24 heteroatoms. The summed E-state index contributed by atoms with van der Waals surface area (Å²) in [4.78, 5) is 58.0. The maximum absolute atomic E-state index is 14.2. The van der Waals surface area contributed by atoms with Gasteiger partial charge in [0.1, 0.15) is 54.1 Å². The molecule has 0 aliphatic carbocycles. The number of hydrogen-bond acceptors (Lipinski definition) is 24. The molecule has 6 rings (SSSR count). The molecule has 24 nitrogen and oxygen atoms in total. The van der Waals surface area contributed by atoms with Gasteiger partial charge in [-0.3, -0.25) is 14.4 Å². The number of ether oxygens (including phenoxy) is 10. The summed E-state index contributed by atoms with van der Waals surface area (Å²) in [7, 11) is 10.9. The topological polar surface area (TPSA) is 315 Å². The van der Waals surface area contributed by atoms with Gasteiger partial charge in [0.25, 0.3) is 0 Å². The number of methoxy groups -OCH3 is 1. The number of fused-ring (bicyclic) bond motifs is 1. The van der Waals surface area contributed by atoms with Gasteiger partial charge in [0.2, 0.25) is 0 Å². The van der Waals surface area contributed by atoms with Crippen LogP contribution < -0.4 is 0 Å². The summed E-state index contributed by atoms with van der Waals surface area (Å²) in [6.45, 7) is 29.3. The number of allylic oxidation sites excluding steroid dienone is 1. The molecule has 3 unspecified atom stereocenters. The number of nitrogens with zero attached hydrogens (tertiary/aromatic N) is 3. The maximum Gasteiger partial charge on any atom is 0.311 e. The summed E-state index contributed by atoms with van der Waals surface area (Å²) in [6, 6.07) is -1.03. The van der Waals surface area contributed by atoms with Crippen molar-refractivity contribution in [3.8, 4) is 0 Å². The minimum Gasteiger partial charge on any atom is -0.462 e. The number of ketones is 1. The molecule has 0 radical (unpaired) electrons. The van der Waals surface area contributed by atoms with Gasteiger partial charge in [0.05, 0.1) is 72.4 Å². The van der Waals surface area contributed by atoms with E-state index in [0.717, 1.165) is 6.29 Å². The fraction of sp³-hybridized carbons (Fsp3) is 0.913. The Morgan fingerprint density at radius 3 is 1.81 bits per heavy atom. The summed E-state index contributed by atoms with van der Waals surface area (Å²) >= 11 is 0. The Balaban J connectivity index is 0.000000347. The van der Waals surface area contributed by atoms with E-state index in [1.165, 1.54) is 14.0 Å². The fourth-order valence-electron chi connectivity index (χ4n) is 15.2. The van der Waals surface area contributed by atoms with E-state index in [-0.39, 0.29) is 80.1 Å². The van der Waals surface area contributed by atoms with E-state index in [1.54, 1.807) is 60.6 Å². The van der Waals surface area contributed by atoms with Crippen molar-refractivity contribution in [2.75, 3.05) is 48.9 Å². The van der Waals surface area contributed by atoms with Crippen LogP contribution in [-0.2, 0) is 66.5 Å². The second-order valence-corrected chi connectivity index (χ2v) is 30.0. The van der Waals surface area contributed by atoms with Crippen molar-refractivity contribution in [3.05, 3.63) is 12.2 Å². The first-order valence-electron chi connectivity index (χ1n) is 34.2. The second kappa shape index (κ2) is 33.9. The molecule has 0 bridgehead atoms. The zero-order valence-electron chi connectivity index (χ0n) is 60.1. The molecule has 31 atom stereocenters. The van der Waals surface area contributed by atoms with Crippen molar-refractivity contribution < 1.29 is 102 Å². The van der Waals surface area contributed by atoms with Crippen molar-refractivity contribution in [3.63, 3.8) is 0 Å². The summed E-state index contributed by atoms with van der Waals surface area (Å²) < 4.78 is 61.7. The molecule has 0 spiro atoms. The molecule has 0 aromatic rings. The van der Waals surface area contributed by atoms with Crippen molar-refractivity contribution in [2.45, 2.75) is 313 Å². The minimum atomic E-state index is -1.80.